The Balaban J connectivity index is 1.96. The zero-order chi connectivity index (χ0) is 12.3. The van der Waals surface area contributed by atoms with Gasteiger partial charge < -0.3 is 4.74 Å². The second-order valence-electron chi connectivity index (χ2n) is 4.93. The lowest BCUT2D eigenvalue weighted by atomic mass is 10.1. The fourth-order valence-corrected chi connectivity index (χ4v) is 4.78. The van der Waals surface area contributed by atoms with Gasteiger partial charge in [-0.25, -0.2) is 13.1 Å². The van der Waals surface area contributed by atoms with Crippen LogP contribution < -0.4 is 4.72 Å². The van der Waals surface area contributed by atoms with Crippen molar-refractivity contribution in [2.24, 2.45) is 5.92 Å². The molecule has 0 spiro atoms. The number of sulfonamides is 1. The molecule has 2 aliphatic rings. The smallest absolute Gasteiger partial charge is 0.214 e. The van der Waals surface area contributed by atoms with Gasteiger partial charge in [0, 0.05) is 25.1 Å². The van der Waals surface area contributed by atoms with Gasteiger partial charge in [0.1, 0.15) is 0 Å². The summed E-state index contributed by atoms with van der Waals surface area (Å²) < 4.78 is 32.4. The van der Waals surface area contributed by atoms with E-state index in [-0.39, 0.29) is 11.3 Å². The number of hydrogen-bond donors (Lipinski definition) is 1. The maximum Gasteiger partial charge on any atom is 0.214 e. The van der Waals surface area contributed by atoms with Crippen LogP contribution in [0.5, 0.6) is 0 Å². The first-order chi connectivity index (χ1) is 8.13. The number of hydrogen-bond acceptors (Lipinski definition) is 3. The largest absolute Gasteiger partial charge is 0.381 e. The van der Waals surface area contributed by atoms with Crippen LogP contribution in [0.4, 0.5) is 0 Å². The summed E-state index contributed by atoms with van der Waals surface area (Å²) in [5, 5.41) is -0.284. The average Bonchev–Trinajstić information content (AvgIpc) is 2.77. The molecule has 0 amide bonds. The quantitative estimate of drug-likeness (QED) is 0.795. The summed E-state index contributed by atoms with van der Waals surface area (Å²) in [7, 11) is -3.20. The van der Waals surface area contributed by atoms with E-state index in [0.717, 1.165) is 19.3 Å². The summed E-state index contributed by atoms with van der Waals surface area (Å²) in [5.74, 6) is 0.840. The Morgan fingerprint density at radius 3 is 2.53 bits per heavy atom. The SMILES string of the molecule is O=S(=O)(NC1CCCC1CCl)C1CCOCC1. The predicted octanol–water partition coefficient (Wildman–Crippen LogP) is 1.49. The molecule has 1 aliphatic carbocycles. The predicted molar refractivity (Wildman–Crippen MR) is 67.7 cm³/mol. The molecule has 2 unspecified atom stereocenters. The van der Waals surface area contributed by atoms with Crippen molar-refractivity contribution in [3.8, 4) is 0 Å². The van der Waals surface area contributed by atoms with Gasteiger partial charge in [-0.2, -0.15) is 0 Å². The first-order valence-electron chi connectivity index (χ1n) is 6.28. The van der Waals surface area contributed by atoms with Crippen molar-refractivity contribution in [3.05, 3.63) is 0 Å². The molecule has 1 N–H and O–H groups in total. The van der Waals surface area contributed by atoms with Crippen molar-refractivity contribution >= 4 is 21.6 Å². The minimum atomic E-state index is -3.20. The first kappa shape index (κ1) is 13.6. The minimum absolute atomic E-state index is 0.0420. The summed E-state index contributed by atoms with van der Waals surface area (Å²) >= 11 is 5.86. The van der Waals surface area contributed by atoms with Gasteiger partial charge in [-0.1, -0.05) is 6.42 Å². The molecule has 1 aliphatic heterocycles. The molecule has 2 fully saturated rings. The molecule has 4 nitrogen and oxygen atoms in total. The van der Waals surface area contributed by atoms with Crippen molar-refractivity contribution in [2.45, 2.75) is 43.4 Å². The fraction of sp³-hybridized carbons (Fsp3) is 1.00. The van der Waals surface area contributed by atoms with E-state index < -0.39 is 10.0 Å². The normalized spacial score (nSPS) is 31.8. The molecule has 2 rings (SSSR count). The Bertz CT molecular complexity index is 341. The fourth-order valence-electron chi connectivity index (χ4n) is 2.67. The number of rotatable bonds is 4. The van der Waals surface area contributed by atoms with Crippen molar-refractivity contribution in [1.29, 1.82) is 0 Å². The summed E-state index contributed by atoms with van der Waals surface area (Å²) in [6.45, 7) is 1.10. The van der Waals surface area contributed by atoms with Crippen molar-refractivity contribution in [3.63, 3.8) is 0 Å². The maximum atomic E-state index is 12.2. The molecule has 0 aromatic heterocycles. The topological polar surface area (TPSA) is 55.4 Å². The van der Waals surface area contributed by atoms with E-state index in [1.54, 1.807) is 0 Å². The van der Waals surface area contributed by atoms with Gasteiger partial charge in [-0.15, -0.1) is 11.6 Å². The molecule has 0 bridgehead atoms. The molecule has 2 atom stereocenters. The lowest BCUT2D eigenvalue weighted by Crippen LogP contribution is -2.44. The Morgan fingerprint density at radius 1 is 1.18 bits per heavy atom. The number of halogens is 1. The lowest BCUT2D eigenvalue weighted by molar-refractivity contribution is 0.0980. The molecule has 1 heterocycles. The molecule has 0 aromatic rings. The van der Waals surface area contributed by atoms with Crippen LogP contribution in [0, 0.1) is 5.92 Å². The van der Waals surface area contributed by atoms with E-state index in [0.29, 0.717) is 37.9 Å². The molecular formula is C11H20ClNO3S. The third-order valence-electron chi connectivity index (χ3n) is 3.78. The number of nitrogens with one attached hydrogen (secondary N) is 1. The third-order valence-corrected chi connectivity index (χ3v) is 6.16. The Kier molecular flexibility index (Phi) is 4.69. The van der Waals surface area contributed by atoms with Gasteiger partial charge in [-0.05, 0) is 31.6 Å². The van der Waals surface area contributed by atoms with Crippen LogP contribution in [0.2, 0.25) is 0 Å². The standard InChI is InChI=1S/C11H20ClNO3S/c12-8-9-2-1-3-11(9)13-17(14,15)10-4-6-16-7-5-10/h9-11,13H,1-8H2. The third kappa shape index (κ3) is 3.34. The van der Waals surface area contributed by atoms with Crippen LogP contribution in [0.15, 0.2) is 0 Å². The molecular weight excluding hydrogens is 262 g/mol. The van der Waals surface area contributed by atoms with Gasteiger partial charge in [0.25, 0.3) is 0 Å². The van der Waals surface area contributed by atoms with Crippen molar-refractivity contribution in [2.75, 3.05) is 19.1 Å². The van der Waals surface area contributed by atoms with E-state index in [1.165, 1.54) is 0 Å². The van der Waals surface area contributed by atoms with Gasteiger partial charge in [0.2, 0.25) is 10.0 Å². The highest BCUT2D eigenvalue weighted by atomic mass is 35.5. The molecule has 1 saturated carbocycles. The summed E-state index contributed by atoms with van der Waals surface area (Å²) in [6.07, 6.45) is 4.23. The molecule has 0 aromatic carbocycles. The zero-order valence-electron chi connectivity index (χ0n) is 9.90. The van der Waals surface area contributed by atoms with E-state index in [4.69, 9.17) is 16.3 Å². The monoisotopic (exact) mass is 281 g/mol. The van der Waals surface area contributed by atoms with Crippen LogP contribution in [0.3, 0.4) is 0 Å². The summed E-state index contributed by atoms with van der Waals surface area (Å²) in [5.41, 5.74) is 0. The van der Waals surface area contributed by atoms with Crippen LogP contribution >= 0.6 is 11.6 Å². The molecule has 0 radical (unpaired) electrons. The maximum absolute atomic E-state index is 12.2. The minimum Gasteiger partial charge on any atom is -0.381 e. The highest BCUT2D eigenvalue weighted by molar-refractivity contribution is 7.90. The van der Waals surface area contributed by atoms with Crippen molar-refractivity contribution < 1.29 is 13.2 Å². The zero-order valence-corrected chi connectivity index (χ0v) is 11.5. The first-order valence-corrected chi connectivity index (χ1v) is 8.36. The van der Waals surface area contributed by atoms with Crippen LogP contribution in [-0.2, 0) is 14.8 Å². The summed E-state index contributed by atoms with van der Waals surface area (Å²) in [4.78, 5) is 0. The second-order valence-corrected chi connectivity index (χ2v) is 7.23. The Morgan fingerprint density at radius 2 is 1.88 bits per heavy atom. The van der Waals surface area contributed by atoms with E-state index in [2.05, 4.69) is 4.72 Å². The van der Waals surface area contributed by atoms with Gasteiger partial charge in [0.15, 0.2) is 0 Å². The Hall–Kier alpha value is 0.160. The highest BCUT2D eigenvalue weighted by Gasteiger charge is 2.34. The van der Waals surface area contributed by atoms with Crippen LogP contribution in [0.1, 0.15) is 32.1 Å². The van der Waals surface area contributed by atoms with E-state index in [9.17, 15) is 8.42 Å². The molecule has 100 valence electrons. The van der Waals surface area contributed by atoms with Gasteiger partial charge in [0.05, 0.1) is 5.25 Å². The number of ether oxygens (including phenoxy) is 1. The summed E-state index contributed by atoms with van der Waals surface area (Å²) in [6, 6.07) is 0.0420. The number of alkyl halides is 1. The van der Waals surface area contributed by atoms with Crippen molar-refractivity contribution in [1.82, 2.24) is 4.72 Å². The van der Waals surface area contributed by atoms with Gasteiger partial charge >= 0.3 is 0 Å². The second kappa shape index (κ2) is 5.87. The Labute approximate surface area is 108 Å². The lowest BCUT2D eigenvalue weighted by Gasteiger charge is -2.26. The van der Waals surface area contributed by atoms with Crippen LogP contribution in [0.25, 0.3) is 0 Å². The van der Waals surface area contributed by atoms with E-state index >= 15 is 0 Å². The van der Waals surface area contributed by atoms with Crippen LogP contribution in [-0.4, -0.2) is 38.8 Å². The highest BCUT2D eigenvalue weighted by Crippen LogP contribution is 2.28. The molecule has 17 heavy (non-hydrogen) atoms. The molecule has 6 heteroatoms. The van der Waals surface area contributed by atoms with Gasteiger partial charge in [-0.3, -0.25) is 0 Å². The molecule has 1 saturated heterocycles. The van der Waals surface area contributed by atoms with E-state index in [1.807, 2.05) is 0 Å². The average molecular weight is 282 g/mol.